The smallest absolute Gasteiger partial charge is 0.282 e. The van der Waals surface area contributed by atoms with Gasteiger partial charge in [0.1, 0.15) is 23.0 Å². The number of nitrogens with zero attached hydrogens (tertiary/aromatic N) is 4. The first-order valence-corrected chi connectivity index (χ1v) is 9.39. The number of carbonyl (C=O) groups is 1. The highest BCUT2D eigenvalue weighted by atomic mass is 19.1. The van der Waals surface area contributed by atoms with Crippen molar-refractivity contribution in [2.24, 2.45) is 0 Å². The summed E-state index contributed by atoms with van der Waals surface area (Å²) in [6.45, 7) is 0.243. The molecule has 1 aliphatic rings. The van der Waals surface area contributed by atoms with Gasteiger partial charge in [-0.2, -0.15) is 0 Å². The van der Waals surface area contributed by atoms with Crippen LogP contribution in [0.3, 0.4) is 0 Å². The molecule has 9 nitrogen and oxygen atoms in total. The van der Waals surface area contributed by atoms with Gasteiger partial charge in [0, 0.05) is 18.3 Å². The van der Waals surface area contributed by atoms with Crippen molar-refractivity contribution < 1.29 is 23.5 Å². The summed E-state index contributed by atoms with van der Waals surface area (Å²) in [5, 5.41) is 12.8. The van der Waals surface area contributed by atoms with Gasteiger partial charge in [-0.25, -0.2) is 23.8 Å². The number of fused-ring (bicyclic) bond motifs is 1. The number of nitrogens with one attached hydrogen (secondary N) is 1. The number of aliphatic hydroxyl groups is 1. The van der Waals surface area contributed by atoms with Crippen LogP contribution in [0.2, 0.25) is 0 Å². The third-order valence-electron chi connectivity index (χ3n) is 4.95. The number of rotatable bonds is 6. The fraction of sp³-hybridized carbons (Fsp3) is 0.316. The topological polar surface area (TPSA) is 118 Å². The van der Waals surface area contributed by atoms with Crippen molar-refractivity contribution >= 4 is 23.2 Å². The molecule has 0 bridgehead atoms. The van der Waals surface area contributed by atoms with Gasteiger partial charge < -0.3 is 15.7 Å². The fourth-order valence-corrected chi connectivity index (χ4v) is 3.66. The summed E-state index contributed by atoms with van der Waals surface area (Å²) in [7, 11) is 0. The summed E-state index contributed by atoms with van der Waals surface area (Å²) >= 11 is 0. The number of anilines is 2. The van der Waals surface area contributed by atoms with Gasteiger partial charge in [0.25, 0.3) is 5.91 Å². The van der Waals surface area contributed by atoms with E-state index >= 15 is 0 Å². The van der Waals surface area contributed by atoms with Crippen LogP contribution in [-0.2, 0) is 4.84 Å². The zero-order valence-corrected chi connectivity index (χ0v) is 15.9. The molecule has 0 aliphatic carbocycles. The summed E-state index contributed by atoms with van der Waals surface area (Å²) < 4.78 is 29.4. The van der Waals surface area contributed by atoms with Crippen molar-refractivity contribution in [3.63, 3.8) is 0 Å². The first-order chi connectivity index (χ1) is 14.5. The monoisotopic (exact) mass is 418 g/mol. The molecule has 0 spiro atoms. The predicted octanol–water partition coefficient (Wildman–Crippen LogP) is 1.58. The molecule has 2 aromatic heterocycles. The van der Waals surface area contributed by atoms with Crippen LogP contribution in [0.1, 0.15) is 34.8 Å². The molecule has 3 heterocycles. The van der Waals surface area contributed by atoms with Crippen molar-refractivity contribution in [2.45, 2.75) is 18.9 Å². The van der Waals surface area contributed by atoms with Gasteiger partial charge in [-0.05, 0) is 37.1 Å². The fourth-order valence-electron chi connectivity index (χ4n) is 3.66. The van der Waals surface area contributed by atoms with E-state index < -0.39 is 17.5 Å². The lowest BCUT2D eigenvalue weighted by Gasteiger charge is -2.26. The number of amides is 1. The predicted molar refractivity (Wildman–Crippen MR) is 104 cm³/mol. The van der Waals surface area contributed by atoms with Crippen molar-refractivity contribution in [1.29, 1.82) is 0 Å². The SMILES string of the molecule is Nc1nn2ccc(N3CCC[C@@H]3c3cc(F)ccc3F)nc2c1C(=O)NOCCO. The number of carbonyl (C=O) groups excluding carboxylic acids is 1. The minimum Gasteiger partial charge on any atom is -0.394 e. The molecule has 1 amide bonds. The maximum absolute atomic E-state index is 14.4. The zero-order valence-electron chi connectivity index (χ0n) is 15.9. The van der Waals surface area contributed by atoms with Crippen LogP contribution < -0.4 is 16.1 Å². The minimum absolute atomic E-state index is 0.0162. The summed E-state index contributed by atoms with van der Waals surface area (Å²) in [6, 6.07) is 4.69. The van der Waals surface area contributed by atoms with E-state index in [0.717, 1.165) is 18.6 Å². The Morgan fingerprint density at radius 2 is 2.20 bits per heavy atom. The molecule has 0 radical (unpaired) electrons. The highest BCUT2D eigenvalue weighted by Crippen LogP contribution is 2.37. The Morgan fingerprint density at radius 3 is 3.00 bits per heavy atom. The van der Waals surface area contributed by atoms with Gasteiger partial charge in [0.2, 0.25) is 0 Å². The first kappa shape index (κ1) is 20.0. The van der Waals surface area contributed by atoms with E-state index in [-0.39, 0.29) is 41.8 Å². The lowest BCUT2D eigenvalue weighted by atomic mass is 10.0. The Balaban J connectivity index is 1.69. The molecular weight excluding hydrogens is 398 g/mol. The normalized spacial score (nSPS) is 16.4. The van der Waals surface area contributed by atoms with Crippen molar-refractivity contribution in [3.05, 3.63) is 53.2 Å². The Hall–Kier alpha value is -3.31. The van der Waals surface area contributed by atoms with E-state index in [1.165, 1.54) is 10.6 Å². The number of aliphatic hydroxyl groups excluding tert-OH is 1. The molecule has 0 saturated carbocycles. The average molecular weight is 418 g/mol. The number of nitrogens with two attached hydrogens (primary N) is 1. The minimum atomic E-state index is -0.658. The second-order valence-electron chi connectivity index (χ2n) is 6.83. The van der Waals surface area contributed by atoms with E-state index in [9.17, 15) is 13.6 Å². The number of hydrogen-bond donors (Lipinski definition) is 3. The quantitative estimate of drug-likeness (QED) is 0.411. The van der Waals surface area contributed by atoms with E-state index in [0.29, 0.717) is 18.8 Å². The van der Waals surface area contributed by atoms with Gasteiger partial charge in [0.15, 0.2) is 11.5 Å². The van der Waals surface area contributed by atoms with E-state index in [4.69, 9.17) is 15.7 Å². The van der Waals surface area contributed by atoms with Crippen LogP contribution in [0.15, 0.2) is 30.5 Å². The Morgan fingerprint density at radius 1 is 1.37 bits per heavy atom. The second kappa shape index (κ2) is 8.20. The number of nitrogen functional groups attached to an aromatic ring is 1. The first-order valence-electron chi connectivity index (χ1n) is 9.39. The van der Waals surface area contributed by atoms with E-state index in [1.54, 1.807) is 12.3 Å². The molecule has 158 valence electrons. The van der Waals surface area contributed by atoms with Gasteiger partial charge in [-0.3, -0.25) is 9.63 Å². The molecule has 1 atom stereocenters. The van der Waals surface area contributed by atoms with Crippen LogP contribution in [0.5, 0.6) is 0 Å². The number of benzene rings is 1. The molecule has 1 saturated heterocycles. The van der Waals surface area contributed by atoms with Crippen LogP contribution in [-0.4, -0.2) is 45.4 Å². The molecule has 1 fully saturated rings. The standard InChI is InChI=1S/C19H20F2N6O3/c20-11-3-4-13(21)12(10-11)14-2-1-6-26(14)15-5-7-27-18(23-15)16(17(22)24-27)19(29)25-30-9-8-28/h3-5,7,10,14,28H,1-2,6,8-9H2,(H2,22,24)(H,25,29)/t14-/m1/s1. The summed E-state index contributed by atoms with van der Waals surface area (Å²) in [6.07, 6.45) is 3.00. The molecular formula is C19H20F2N6O3. The molecule has 3 aromatic rings. The molecule has 4 N–H and O–H groups in total. The number of aromatic nitrogens is 3. The largest absolute Gasteiger partial charge is 0.394 e. The highest BCUT2D eigenvalue weighted by molar-refractivity contribution is 6.03. The summed E-state index contributed by atoms with van der Waals surface area (Å²) in [5.74, 6) is -1.20. The molecule has 30 heavy (non-hydrogen) atoms. The molecule has 1 aromatic carbocycles. The average Bonchev–Trinajstić information content (AvgIpc) is 3.33. The van der Waals surface area contributed by atoms with Crippen LogP contribution >= 0.6 is 0 Å². The van der Waals surface area contributed by atoms with Crippen molar-refractivity contribution in [2.75, 3.05) is 30.4 Å². The van der Waals surface area contributed by atoms with Crippen LogP contribution in [0.4, 0.5) is 20.4 Å². The Kier molecular flexibility index (Phi) is 5.46. The van der Waals surface area contributed by atoms with Crippen molar-refractivity contribution in [1.82, 2.24) is 20.1 Å². The summed E-state index contributed by atoms with van der Waals surface area (Å²) in [4.78, 5) is 23.6. The molecule has 11 heteroatoms. The van der Waals surface area contributed by atoms with Crippen LogP contribution in [0, 0.1) is 11.6 Å². The Labute approximate surface area is 170 Å². The molecule has 4 rings (SSSR count). The van der Waals surface area contributed by atoms with E-state index in [2.05, 4.69) is 15.6 Å². The zero-order chi connectivity index (χ0) is 21.3. The maximum Gasteiger partial charge on any atom is 0.282 e. The third-order valence-corrected chi connectivity index (χ3v) is 4.95. The van der Waals surface area contributed by atoms with Gasteiger partial charge in [-0.15, -0.1) is 5.10 Å². The van der Waals surface area contributed by atoms with E-state index in [1.807, 2.05) is 4.90 Å². The Bertz CT molecular complexity index is 1090. The number of halogens is 2. The second-order valence-corrected chi connectivity index (χ2v) is 6.83. The van der Waals surface area contributed by atoms with Gasteiger partial charge in [0.05, 0.1) is 19.3 Å². The van der Waals surface area contributed by atoms with Crippen LogP contribution in [0.25, 0.3) is 5.65 Å². The highest BCUT2D eigenvalue weighted by Gasteiger charge is 2.30. The van der Waals surface area contributed by atoms with Gasteiger partial charge in [-0.1, -0.05) is 0 Å². The summed E-state index contributed by atoms with van der Waals surface area (Å²) in [5.41, 5.74) is 8.53. The molecule has 1 aliphatic heterocycles. The molecule has 0 unspecified atom stereocenters. The number of hydrogen-bond acceptors (Lipinski definition) is 7. The lowest BCUT2D eigenvalue weighted by molar-refractivity contribution is 0.0170. The van der Waals surface area contributed by atoms with Gasteiger partial charge >= 0.3 is 0 Å². The maximum atomic E-state index is 14.4. The number of hydroxylamine groups is 1. The third kappa shape index (κ3) is 3.64. The van der Waals surface area contributed by atoms with Crippen molar-refractivity contribution in [3.8, 4) is 0 Å². The lowest BCUT2D eigenvalue weighted by Crippen LogP contribution is -2.26.